The van der Waals surface area contributed by atoms with Crippen LogP contribution in [0.4, 0.5) is 0 Å². The maximum Gasteiger partial charge on any atom is 0.472 e. The van der Waals surface area contributed by atoms with Crippen molar-refractivity contribution in [2.75, 3.05) is 39.6 Å². The number of hydrogen-bond donors (Lipinski definition) is 3. The van der Waals surface area contributed by atoms with Gasteiger partial charge in [0.25, 0.3) is 0 Å². The molecule has 0 bridgehead atoms. The van der Waals surface area contributed by atoms with Crippen LogP contribution in [0.2, 0.25) is 0 Å². The average Bonchev–Trinajstić information content (AvgIpc) is 3.34. The van der Waals surface area contributed by atoms with Crippen LogP contribution in [-0.2, 0) is 65.4 Å². The van der Waals surface area contributed by atoms with Crippen molar-refractivity contribution in [2.24, 2.45) is 5.92 Å². The number of ether oxygens (including phenoxy) is 4. The Balaban J connectivity index is 5.25. The summed E-state index contributed by atoms with van der Waals surface area (Å²) in [4.78, 5) is 72.6. The Bertz CT molecular complexity index is 1740. The van der Waals surface area contributed by atoms with Crippen molar-refractivity contribution in [3.8, 4) is 0 Å². The third-order valence-electron chi connectivity index (χ3n) is 16.9. The highest BCUT2D eigenvalue weighted by Gasteiger charge is 2.30. The van der Waals surface area contributed by atoms with E-state index in [4.69, 9.17) is 37.0 Å². The van der Waals surface area contributed by atoms with E-state index >= 15 is 0 Å². The van der Waals surface area contributed by atoms with Crippen LogP contribution in [0.25, 0.3) is 0 Å². The minimum absolute atomic E-state index is 0.107. The van der Waals surface area contributed by atoms with Gasteiger partial charge in [0.2, 0.25) is 0 Å². The first-order valence-electron chi connectivity index (χ1n) is 37.2. The summed E-state index contributed by atoms with van der Waals surface area (Å²) in [5.41, 5.74) is 0. The van der Waals surface area contributed by atoms with E-state index < -0.39 is 97.5 Å². The molecule has 0 radical (unpaired) electrons. The smallest absolute Gasteiger partial charge is 0.462 e. The second-order valence-electron chi connectivity index (χ2n) is 25.9. The molecule has 3 N–H and O–H groups in total. The summed E-state index contributed by atoms with van der Waals surface area (Å²) < 4.78 is 68.3. The zero-order chi connectivity index (χ0) is 66.3. The van der Waals surface area contributed by atoms with Crippen molar-refractivity contribution in [1.29, 1.82) is 0 Å². The summed E-state index contributed by atoms with van der Waals surface area (Å²) in [5, 5.41) is 10.6. The maximum atomic E-state index is 13.0. The second kappa shape index (κ2) is 64.4. The van der Waals surface area contributed by atoms with Gasteiger partial charge in [-0.3, -0.25) is 37.3 Å². The van der Waals surface area contributed by atoms with Crippen molar-refractivity contribution in [3.05, 3.63) is 0 Å². The molecule has 0 aromatic heterocycles. The molecule has 0 aromatic carbocycles. The Labute approximate surface area is 549 Å². The Morgan fingerprint density at radius 3 is 0.789 bits per heavy atom. The SMILES string of the molecule is CCCCCCCCCCCCCCCC(=O)OC[C@H](COP(=O)(O)OC[C@@H](O)COP(=O)(O)OC[C@@H](COC(=O)CCCCCCCCCCCC)OC(=O)CCCCCCCCCCCCCCC)OC(=O)CCCCCCCCCCCCC(C)CC. The van der Waals surface area contributed by atoms with E-state index in [1.807, 2.05) is 0 Å². The number of carbonyl (C=O) groups is 4. The van der Waals surface area contributed by atoms with E-state index in [-0.39, 0.29) is 25.7 Å². The predicted molar refractivity (Wildman–Crippen MR) is 363 cm³/mol. The van der Waals surface area contributed by atoms with Gasteiger partial charge in [0.1, 0.15) is 19.3 Å². The normalized spacial score (nSPS) is 14.4. The van der Waals surface area contributed by atoms with Gasteiger partial charge in [0.05, 0.1) is 26.4 Å². The summed E-state index contributed by atoms with van der Waals surface area (Å²) in [6, 6.07) is 0. The molecule has 0 saturated heterocycles. The fourth-order valence-electron chi connectivity index (χ4n) is 10.8. The molecule has 0 aliphatic rings. The second-order valence-corrected chi connectivity index (χ2v) is 28.8. The highest BCUT2D eigenvalue weighted by atomic mass is 31.2. The van der Waals surface area contributed by atoms with Crippen molar-refractivity contribution >= 4 is 39.5 Å². The average molecular weight is 1330 g/mol. The van der Waals surface area contributed by atoms with Gasteiger partial charge in [-0.25, -0.2) is 9.13 Å². The number of unbranched alkanes of at least 4 members (excludes halogenated alkanes) is 42. The number of phosphoric acid groups is 2. The first-order chi connectivity index (χ1) is 43.6. The molecule has 17 nitrogen and oxygen atoms in total. The highest BCUT2D eigenvalue weighted by molar-refractivity contribution is 7.47. The number of rotatable bonds is 71. The van der Waals surface area contributed by atoms with Crippen LogP contribution in [0.1, 0.15) is 369 Å². The molecule has 0 fully saturated rings. The van der Waals surface area contributed by atoms with Gasteiger partial charge in [-0.1, -0.05) is 317 Å². The van der Waals surface area contributed by atoms with Crippen LogP contribution in [-0.4, -0.2) is 96.7 Å². The lowest BCUT2D eigenvalue weighted by atomic mass is 9.99. The molecule has 0 aliphatic heterocycles. The van der Waals surface area contributed by atoms with Gasteiger partial charge < -0.3 is 33.8 Å². The van der Waals surface area contributed by atoms with Crippen molar-refractivity contribution in [2.45, 2.75) is 387 Å². The Hall–Kier alpha value is -1.94. The number of carbonyl (C=O) groups excluding carboxylic acids is 4. The summed E-state index contributed by atoms with van der Waals surface area (Å²) in [7, 11) is -9.90. The fourth-order valence-corrected chi connectivity index (χ4v) is 12.4. The van der Waals surface area contributed by atoms with Gasteiger partial charge in [0.15, 0.2) is 12.2 Å². The standard InChI is InChI=1S/C71H138O17P2/c1-6-10-13-16-19-22-25-27-29-35-40-45-50-55-69(74)82-61-67(88-71(76)57-52-47-42-37-32-31-33-38-43-48-53-64(5)9-4)63-86-90(79,80)84-59-65(72)58-83-89(77,78)85-62-66(60-81-68(73)54-49-44-39-34-24-21-18-15-12-8-3)87-70(75)56-51-46-41-36-30-28-26-23-20-17-14-11-7-2/h64-67,72H,6-63H2,1-5H3,(H,77,78)(H,79,80)/t64?,65-,66+,67+/m0/s1. The molecule has 3 unspecified atom stereocenters. The minimum atomic E-state index is -4.95. The highest BCUT2D eigenvalue weighted by Crippen LogP contribution is 2.45. The Morgan fingerprint density at radius 1 is 0.311 bits per heavy atom. The molecule has 0 aliphatic carbocycles. The number of phosphoric ester groups is 2. The van der Waals surface area contributed by atoms with Crippen LogP contribution < -0.4 is 0 Å². The fraction of sp³-hybridized carbons (Fsp3) is 0.944. The Morgan fingerprint density at radius 2 is 0.533 bits per heavy atom. The van der Waals surface area contributed by atoms with Crippen LogP contribution in [0.3, 0.4) is 0 Å². The van der Waals surface area contributed by atoms with E-state index in [2.05, 4.69) is 34.6 Å². The molecule has 0 saturated carbocycles. The zero-order valence-electron chi connectivity index (χ0n) is 58.3. The maximum absolute atomic E-state index is 13.0. The predicted octanol–water partition coefficient (Wildman–Crippen LogP) is 20.5. The number of aliphatic hydroxyl groups is 1. The van der Waals surface area contributed by atoms with Crippen LogP contribution in [0, 0.1) is 5.92 Å². The Kier molecular flexibility index (Phi) is 63.0. The quantitative estimate of drug-likeness (QED) is 0.0222. The lowest BCUT2D eigenvalue weighted by Crippen LogP contribution is -2.30. The van der Waals surface area contributed by atoms with E-state index in [0.717, 1.165) is 95.8 Å². The summed E-state index contributed by atoms with van der Waals surface area (Å²) >= 11 is 0. The third kappa shape index (κ3) is 63.5. The third-order valence-corrected chi connectivity index (χ3v) is 18.8. The summed E-state index contributed by atoms with van der Waals surface area (Å²) in [6.07, 6.45) is 51.0. The monoisotopic (exact) mass is 1320 g/mol. The first-order valence-corrected chi connectivity index (χ1v) is 40.2. The molecule has 0 aromatic rings. The van der Waals surface area contributed by atoms with Gasteiger partial charge in [0, 0.05) is 25.7 Å². The molecule has 0 spiro atoms. The number of aliphatic hydroxyl groups excluding tert-OH is 1. The zero-order valence-corrected chi connectivity index (χ0v) is 60.1. The van der Waals surface area contributed by atoms with E-state index in [1.54, 1.807) is 0 Å². The molecular formula is C71H138O17P2. The lowest BCUT2D eigenvalue weighted by Gasteiger charge is -2.21. The molecular weight excluding hydrogens is 1190 g/mol. The molecule has 0 rings (SSSR count). The molecule has 534 valence electrons. The summed E-state index contributed by atoms with van der Waals surface area (Å²) in [6.45, 7) is 7.28. The summed E-state index contributed by atoms with van der Waals surface area (Å²) in [5.74, 6) is -1.32. The topological polar surface area (TPSA) is 237 Å². The largest absolute Gasteiger partial charge is 0.472 e. The van der Waals surface area contributed by atoms with E-state index in [9.17, 15) is 43.2 Å². The van der Waals surface area contributed by atoms with Crippen molar-refractivity contribution in [1.82, 2.24) is 0 Å². The van der Waals surface area contributed by atoms with E-state index in [0.29, 0.717) is 25.7 Å². The molecule has 6 atom stereocenters. The molecule has 0 amide bonds. The van der Waals surface area contributed by atoms with Crippen LogP contribution in [0.5, 0.6) is 0 Å². The lowest BCUT2D eigenvalue weighted by molar-refractivity contribution is -0.161. The molecule has 0 heterocycles. The van der Waals surface area contributed by atoms with Gasteiger partial charge in [-0.15, -0.1) is 0 Å². The van der Waals surface area contributed by atoms with Gasteiger partial charge in [-0.2, -0.15) is 0 Å². The van der Waals surface area contributed by atoms with Crippen LogP contribution >= 0.6 is 15.6 Å². The van der Waals surface area contributed by atoms with Gasteiger partial charge in [-0.05, 0) is 31.6 Å². The number of hydrogen-bond acceptors (Lipinski definition) is 15. The van der Waals surface area contributed by atoms with Crippen molar-refractivity contribution in [3.63, 3.8) is 0 Å². The minimum Gasteiger partial charge on any atom is -0.462 e. The molecule has 90 heavy (non-hydrogen) atoms. The first kappa shape index (κ1) is 88.1. The van der Waals surface area contributed by atoms with Crippen LogP contribution in [0.15, 0.2) is 0 Å². The molecule has 19 heteroatoms. The van der Waals surface area contributed by atoms with E-state index in [1.165, 1.54) is 193 Å². The van der Waals surface area contributed by atoms with Gasteiger partial charge >= 0.3 is 39.5 Å². The van der Waals surface area contributed by atoms with Crippen molar-refractivity contribution < 1.29 is 80.2 Å². The number of esters is 4.